The SMILES string of the molecule is COCCCOc1cc(C(=O)N(C[C@@H]2CNC[C@H]2CN(C(=O)[C@@H](OC)C2CCCCC2)C2CC2)C(C)C)ccc1OC. The highest BCUT2D eigenvalue weighted by Gasteiger charge is 2.42. The van der Waals surface area contributed by atoms with Crippen LogP contribution in [0.4, 0.5) is 0 Å². The minimum Gasteiger partial charge on any atom is -0.493 e. The van der Waals surface area contributed by atoms with Crippen molar-refractivity contribution in [3.05, 3.63) is 23.8 Å². The Labute approximate surface area is 252 Å². The summed E-state index contributed by atoms with van der Waals surface area (Å²) in [5.41, 5.74) is 0.582. The number of benzene rings is 1. The highest BCUT2D eigenvalue weighted by molar-refractivity contribution is 5.95. The lowest BCUT2D eigenvalue weighted by molar-refractivity contribution is -0.147. The summed E-state index contributed by atoms with van der Waals surface area (Å²) in [6.07, 6.45) is 8.33. The van der Waals surface area contributed by atoms with E-state index in [4.69, 9.17) is 18.9 Å². The molecule has 3 fully saturated rings. The highest BCUT2D eigenvalue weighted by atomic mass is 16.5. The number of ether oxygens (including phenoxy) is 4. The van der Waals surface area contributed by atoms with Crippen LogP contribution in [0, 0.1) is 17.8 Å². The molecule has 1 aromatic carbocycles. The van der Waals surface area contributed by atoms with E-state index in [1.165, 1.54) is 19.3 Å². The summed E-state index contributed by atoms with van der Waals surface area (Å²) in [5, 5.41) is 3.56. The van der Waals surface area contributed by atoms with Crippen LogP contribution in [0.1, 0.15) is 75.6 Å². The third-order valence-corrected chi connectivity index (χ3v) is 9.23. The lowest BCUT2D eigenvalue weighted by atomic mass is 9.84. The van der Waals surface area contributed by atoms with Gasteiger partial charge in [0.25, 0.3) is 11.8 Å². The monoisotopic (exact) mass is 587 g/mol. The van der Waals surface area contributed by atoms with Crippen LogP contribution < -0.4 is 14.8 Å². The highest BCUT2D eigenvalue weighted by Crippen LogP contribution is 2.35. The molecule has 1 aliphatic heterocycles. The normalized spacial score (nSPS) is 21.8. The molecule has 0 spiro atoms. The number of hydrogen-bond donors (Lipinski definition) is 1. The molecule has 3 atom stereocenters. The maximum absolute atomic E-state index is 13.9. The third-order valence-electron chi connectivity index (χ3n) is 9.23. The van der Waals surface area contributed by atoms with Crippen molar-refractivity contribution in [3.8, 4) is 11.5 Å². The molecule has 42 heavy (non-hydrogen) atoms. The Hall–Kier alpha value is -2.36. The summed E-state index contributed by atoms with van der Waals surface area (Å²) in [6, 6.07) is 5.75. The summed E-state index contributed by atoms with van der Waals surface area (Å²) in [5.74, 6) is 2.17. The van der Waals surface area contributed by atoms with Gasteiger partial charge in [0.1, 0.15) is 6.10 Å². The van der Waals surface area contributed by atoms with Gasteiger partial charge in [-0.15, -0.1) is 0 Å². The average Bonchev–Trinajstić information content (AvgIpc) is 3.75. The molecule has 236 valence electrons. The number of carbonyl (C=O) groups excluding carboxylic acids is 2. The number of hydrogen-bond acceptors (Lipinski definition) is 7. The van der Waals surface area contributed by atoms with Crippen LogP contribution >= 0.6 is 0 Å². The van der Waals surface area contributed by atoms with Gasteiger partial charge < -0.3 is 34.1 Å². The fourth-order valence-corrected chi connectivity index (χ4v) is 6.62. The zero-order valence-electron chi connectivity index (χ0n) is 26.4. The van der Waals surface area contributed by atoms with E-state index in [1.54, 1.807) is 33.5 Å². The molecule has 4 rings (SSSR count). The summed E-state index contributed by atoms with van der Waals surface area (Å²) < 4.78 is 22.4. The van der Waals surface area contributed by atoms with Crippen molar-refractivity contribution in [2.75, 3.05) is 60.7 Å². The van der Waals surface area contributed by atoms with Crippen LogP contribution in [0.2, 0.25) is 0 Å². The maximum Gasteiger partial charge on any atom is 0.254 e. The van der Waals surface area contributed by atoms with Crippen LogP contribution in [0.3, 0.4) is 0 Å². The predicted molar refractivity (Wildman–Crippen MR) is 163 cm³/mol. The van der Waals surface area contributed by atoms with Gasteiger partial charge >= 0.3 is 0 Å². The van der Waals surface area contributed by atoms with E-state index in [-0.39, 0.29) is 35.8 Å². The number of rotatable bonds is 16. The van der Waals surface area contributed by atoms with Crippen molar-refractivity contribution in [1.29, 1.82) is 0 Å². The number of carbonyl (C=O) groups is 2. The van der Waals surface area contributed by atoms with Crippen molar-refractivity contribution < 1.29 is 28.5 Å². The molecule has 0 bridgehead atoms. The van der Waals surface area contributed by atoms with Gasteiger partial charge in [0.05, 0.1) is 13.7 Å². The quantitative estimate of drug-likeness (QED) is 0.287. The Bertz CT molecular complexity index is 1010. The second-order valence-electron chi connectivity index (χ2n) is 12.6. The molecule has 0 unspecified atom stereocenters. The fourth-order valence-electron chi connectivity index (χ4n) is 6.62. The molecule has 2 amide bonds. The van der Waals surface area contributed by atoms with Gasteiger partial charge in [-0.05, 0) is 75.5 Å². The van der Waals surface area contributed by atoms with Gasteiger partial charge in [-0.2, -0.15) is 0 Å². The first-order valence-corrected chi connectivity index (χ1v) is 16.0. The standard InChI is InChI=1S/C33H53N3O6/c1-23(2)35(32(37)25-12-15-29(40-4)30(18-25)42-17-9-16-39-3)21-26-19-34-20-27(26)22-36(28-13-14-28)33(38)31(41-5)24-10-7-6-8-11-24/h12,15,18,23-24,26-28,31,34H,6-11,13-14,16-17,19-22H2,1-5H3/t26-,27-,31-/m0/s1. The van der Waals surface area contributed by atoms with Crippen LogP contribution in [0.5, 0.6) is 11.5 Å². The van der Waals surface area contributed by atoms with E-state index in [2.05, 4.69) is 24.1 Å². The lowest BCUT2D eigenvalue weighted by Crippen LogP contribution is -2.49. The summed E-state index contributed by atoms with van der Waals surface area (Å²) in [4.78, 5) is 31.8. The molecule has 1 saturated heterocycles. The Kier molecular flexibility index (Phi) is 12.3. The predicted octanol–water partition coefficient (Wildman–Crippen LogP) is 4.38. The number of amides is 2. The minimum atomic E-state index is -0.339. The van der Waals surface area contributed by atoms with Gasteiger partial charge in [-0.25, -0.2) is 0 Å². The molecule has 9 nitrogen and oxygen atoms in total. The summed E-state index contributed by atoms with van der Waals surface area (Å²) in [7, 11) is 4.97. The van der Waals surface area contributed by atoms with Crippen molar-refractivity contribution in [1.82, 2.24) is 15.1 Å². The fraction of sp³-hybridized carbons (Fsp3) is 0.758. The van der Waals surface area contributed by atoms with Gasteiger partial charge in [-0.3, -0.25) is 9.59 Å². The number of nitrogens with one attached hydrogen (secondary N) is 1. The average molecular weight is 588 g/mol. The maximum atomic E-state index is 13.9. The Morgan fingerprint density at radius 2 is 1.64 bits per heavy atom. The van der Waals surface area contributed by atoms with Crippen molar-refractivity contribution >= 4 is 11.8 Å². The first-order valence-electron chi connectivity index (χ1n) is 16.0. The Morgan fingerprint density at radius 3 is 2.26 bits per heavy atom. The van der Waals surface area contributed by atoms with Crippen LogP contribution in [-0.4, -0.2) is 101 Å². The van der Waals surface area contributed by atoms with Crippen molar-refractivity contribution in [2.45, 2.75) is 83.4 Å². The second kappa shape index (κ2) is 15.9. The number of nitrogens with zero attached hydrogens (tertiary/aromatic N) is 2. The van der Waals surface area contributed by atoms with Crippen LogP contribution in [0.25, 0.3) is 0 Å². The molecule has 0 radical (unpaired) electrons. The Balaban J connectivity index is 1.44. The van der Waals surface area contributed by atoms with Gasteiger partial charge in [0.2, 0.25) is 0 Å². The molecular weight excluding hydrogens is 534 g/mol. The first kappa shape index (κ1) is 32.6. The molecule has 3 aliphatic rings. The molecule has 2 aliphatic carbocycles. The van der Waals surface area contributed by atoms with E-state index in [0.29, 0.717) is 48.8 Å². The van der Waals surface area contributed by atoms with Gasteiger partial charge in [0.15, 0.2) is 11.5 Å². The van der Waals surface area contributed by atoms with E-state index in [0.717, 1.165) is 51.7 Å². The number of methoxy groups -OCH3 is 3. The molecule has 1 N–H and O–H groups in total. The summed E-state index contributed by atoms with van der Waals surface area (Å²) in [6.45, 7) is 8.25. The minimum absolute atomic E-state index is 0.0214. The van der Waals surface area contributed by atoms with E-state index in [1.807, 2.05) is 11.0 Å². The zero-order valence-corrected chi connectivity index (χ0v) is 26.4. The molecule has 1 heterocycles. The smallest absolute Gasteiger partial charge is 0.254 e. The van der Waals surface area contributed by atoms with Crippen LogP contribution in [-0.2, 0) is 14.3 Å². The van der Waals surface area contributed by atoms with E-state index >= 15 is 0 Å². The van der Waals surface area contributed by atoms with Crippen molar-refractivity contribution in [3.63, 3.8) is 0 Å². The van der Waals surface area contributed by atoms with E-state index < -0.39 is 0 Å². The van der Waals surface area contributed by atoms with Gasteiger partial charge in [0, 0.05) is 71.1 Å². The summed E-state index contributed by atoms with van der Waals surface area (Å²) >= 11 is 0. The first-order chi connectivity index (χ1) is 20.4. The molecule has 1 aromatic rings. The topological polar surface area (TPSA) is 89.6 Å². The second-order valence-corrected chi connectivity index (χ2v) is 12.6. The van der Waals surface area contributed by atoms with Crippen molar-refractivity contribution in [2.24, 2.45) is 17.8 Å². The molecule has 2 saturated carbocycles. The lowest BCUT2D eigenvalue weighted by Gasteiger charge is -2.36. The molecule has 9 heteroatoms. The third kappa shape index (κ3) is 8.38. The molecule has 0 aromatic heterocycles. The zero-order chi connectivity index (χ0) is 30.1. The Morgan fingerprint density at radius 1 is 0.929 bits per heavy atom. The molecular formula is C33H53N3O6. The van der Waals surface area contributed by atoms with Crippen LogP contribution in [0.15, 0.2) is 18.2 Å². The van der Waals surface area contributed by atoms with E-state index in [9.17, 15) is 9.59 Å². The van der Waals surface area contributed by atoms with Gasteiger partial charge in [-0.1, -0.05) is 19.3 Å². The largest absolute Gasteiger partial charge is 0.493 e.